The van der Waals surface area contributed by atoms with Crippen LogP contribution in [0.2, 0.25) is 0 Å². The van der Waals surface area contributed by atoms with Crippen molar-refractivity contribution in [1.82, 2.24) is 0 Å². The molecule has 18 heavy (non-hydrogen) atoms. The number of benzene rings is 1. The highest BCUT2D eigenvalue weighted by Crippen LogP contribution is 2.37. The Balaban J connectivity index is 2.42. The minimum atomic E-state index is -0.484. The van der Waals surface area contributed by atoms with Gasteiger partial charge in [-0.25, -0.2) is 4.39 Å². The van der Waals surface area contributed by atoms with Gasteiger partial charge in [-0.15, -0.1) is 0 Å². The van der Waals surface area contributed by atoms with Gasteiger partial charge < -0.3 is 5.11 Å². The van der Waals surface area contributed by atoms with Crippen LogP contribution in [0.15, 0.2) is 40.5 Å². The molecule has 0 saturated heterocycles. The maximum Gasteiger partial charge on any atom is 0.231 e. The van der Waals surface area contributed by atoms with Gasteiger partial charge in [0, 0.05) is 0 Å². The SMILES string of the molecule is CC(=O)C1=C(O)/C(=C/c2cccc(F)c2)SC1=O. The first-order chi connectivity index (χ1) is 8.49. The van der Waals surface area contributed by atoms with Gasteiger partial charge >= 0.3 is 0 Å². The monoisotopic (exact) mass is 264 g/mol. The van der Waals surface area contributed by atoms with E-state index < -0.39 is 16.7 Å². The van der Waals surface area contributed by atoms with E-state index in [-0.39, 0.29) is 16.2 Å². The molecule has 0 bridgehead atoms. The smallest absolute Gasteiger partial charge is 0.231 e. The molecule has 0 aliphatic carbocycles. The van der Waals surface area contributed by atoms with Gasteiger partial charge in [0.15, 0.2) is 5.78 Å². The van der Waals surface area contributed by atoms with Crippen molar-refractivity contribution in [2.24, 2.45) is 0 Å². The summed E-state index contributed by atoms with van der Waals surface area (Å²) in [5.74, 6) is -1.22. The number of rotatable bonds is 2. The van der Waals surface area contributed by atoms with Gasteiger partial charge in [0.05, 0.1) is 4.91 Å². The zero-order chi connectivity index (χ0) is 13.3. The van der Waals surface area contributed by atoms with Crippen molar-refractivity contribution >= 4 is 28.7 Å². The van der Waals surface area contributed by atoms with Gasteiger partial charge in [0.1, 0.15) is 17.1 Å². The van der Waals surface area contributed by atoms with E-state index in [2.05, 4.69) is 0 Å². The summed E-state index contributed by atoms with van der Waals surface area (Å²) in [6.07, 6.45) is 1.47. The second-order valence-electron chi connectivity index (χ2n) is 3.73. The molecule has 0 spiro atoms. The Bertz CT molecular complexity index is 602. The molecule has 0 amide bonds. The predicted molar refractivity (Wildman–Crippen MR) is 67.3 cm³/mol. The lowest BCUT2D eigenvalue weighted by atomic mass is 10.1. The number of halogens is 1. The summed E-state index contributed by atoms with van der Waals surface area (Å²) in [4.78, 5) is 22.9. The van der Waals surface area contributed by atoms with Crippen LogP contribution < -0.4 is 0 Å². The first kappa shape index (κ1) is 12.6. The minimum absolute atomic E-state index is 0.206. The van der Waals surface area contributed by atoms with Crippen molar-refractivity contribution in [3.8, 4) is 0 Å². The summed E-state index contributed by atoms with van der Waals surface area (Å²) in [6.45, 7) is 1.22. The molecule has 1 aliphatic rings. The van der Waals surface area contributed by atoms with Crippen LogP contribution in [-0.2, 0) is 9.59 Å². The molecule has 3 nitrogen and oxygen atoms in total. The average molecular weight is 264 g/mol. The number of thioether (sulfide) groups is 1. The summed E-state index contributed by atoms with van der Waals surface area (Å²) in [6, 6.07) is 5.73. The Kier molecular flexibility index (Phi) is 3.34. The summed E-state index contributed by atoms with van der Waals surface area (Å²) >= 11 is 0.766. The summed E-state index contributed by atoms with van der Waals surface area (Å²) in [5, 5.41) is 9.29. The highest BCUT2D eigenvalue weighted by atomic mass is 32.2. The fourth-order valence-corrected chi connectivity index (χ4v) is 2.51. The molecular weight excluding hydrogens is 255 g/mol. The van der Waals surface area contributed by atoms with Gasteiger partial charge in [0.2, 0.25) is 5.12 Å². The second kappa shape index (κ2) is 4.78. The first-order valence-corrected chi connectivity index (χ1v) is 5.94. The largest absolute Gasteiger partial charge is 0.506 e. The molecule has 0 radical (unpaired) electrons. The van der Waals surface area contributed by atoms with Crippen LogP contribution in [0.5, 0.6) is 0 Å². The molecule has 1 aromatic rings. The summed E-state index contributed by atoms with van der Waals surface area (Å²) < 4.78 is 13.0. The third kappa shape index (κ3) is 2.36. The molecule has 92 valence electrons. The summed E-state index contributed by atoms with van der Waals surface area (Å²) in [5.41, 5.74) is 0.310. The Morgan fingerprint density at radius 2 is 2.17 bits per heavy atom. The van der Waals surface area contributed by atoms with E-state index in [9.17, 15) is 19.1 Å². The maximum atomic E-state index is 13.0. The van der Waals surface area contributed by atoms with Crippen LogP contribution in [0.25, 0.3) is 6.08 Å². The van der Waals surface area contributed by atoms with Gasteiger partial charge in [0.25, 0.3) is 0 Å². The molecule has 0 unspecified atom stereocenters. The van der Waals surface area contributed by atoms with E-state index in [1.165, 1.54) is 31.2 Å². The van der Waals surface area contributed by atoms with Crippen LogP contribution in [-0.4, -0.2) is 16.0 Å². The number of ketones is 1. The Morgan fingerprint density at radius 1 is 1.44 bits per heavy atom. The Morgan fingerprint density at radius 3 is 2.72 bits per heavy atom. The number of carbonyl (C=O) groups is 2. The van der Waals surface area contributed by atoms with Crippen LogP contribution in [0.3, 0.4) is 0 Å². The van der Waals surface area contributed by atoms with E-state index in [1.54, 1.807) is 6.07 Å². The quantitative estimate of drug-likeness (QED) is 0.834. The van der Waals surface area contributed by atoms with E-state index in [1.807, 2.05) is 0 Å². The molecule has 1 aliphatic heterocycles. The Labute approximate surface area is 107 Å². The number of Topliss-reactive ketones (excluding diaryl/α,β-unsaturated/α-hetero) is 1. The topological polar surface area (TPSA) is 54.4 Å². The molecule has 0 fully saturated rings. The Hall–Kier alpha value is -1.88. The molecule has 5 heteroatoms. The molecule has 0 aromatic heterocycles. The van der Waals surface area contributed by atoms with Crippen LogP contribution in [0.4, 0.5) is 4.39 Å². The zero-order valence-electron chi connectivity index (χ0n) is 9.44. The lowest BCUT2D eigenvalue weighted by molar-refractivity contribution is -0.116. The zero-order valence-corrected chi connectivity index (χ0v) is 10.3. The highest BCUT2D eigenvalue weighted by Gasteiger charge is 2.31. The van der Waals surface area contributed by atoms with Crippen LogP contribution >= 0.6 is 11.8 Å². The van der Waals surface area contributed by atoms with E-state index in [4.69, 9.17) is 0 Å². The minimum Gasteiger partial charge on any atom is -0.506 e. The predicted octanol–water partition coefficient (Wildman–Crippen LogP) is 2.84. The van der Waals surface area contributed by atoms with Gasteiger partial charge in [-0.3, -0.25) is 9.59 Å². The summed E-state index contributed by atoms with van der Waals surface area (Å²) in [7, 11) is 0. The lowest BCUT2D eigenvalue weighted by Gasteiger charge is -1.98. The second-order valence-corrected chi connectivity index (χ2v) is 4.75. The number of aliphatic hydroxyl groups excluding tert-OH is 1. The molecule has 1 aromatic carbocycles. The van der Waals surface area contributed by atoms with Crippen molar-refractivity contribution in [3.63, 3.8) is 0 Å². The van der Waals surface area contributed by atoms with Crippen molar-refractivity contribution in [3.05, 3.63) is 51.9 Å². The van der Waals surface area contributed by atoms with Crippen molar-refractivity contribution in [2.45, 2.75) is 6.92 Å². The molecule has 0 atom stereocenters. The standard InChI is InChI=1S/C13H9FO3S/c1-7(15)11-12(16)10(18-13(11)17)6-8-3-2-4-9(14)5-8/h2-6,16H,1H3/b10-6-. The van der Waals surface area contributed by atoms with Crippen molar-refractivity contribution < 1.29 is 19.1 Å². The maximum absolute atomic E-state index is 13.0. The molecule has 2 rings (SSSR count). The van der Waals surface area contributed by atoms with Gasteiger partial charge in [-0.1, -0.05) is 12.1 Å². The molecular formula is C13H9FO3S. The van der Waals surface area contributed by atoms with Crippen LogP contribution in [0, 0.1) is 5.82 Å². The molecule has 0 saturated carbocycles. The molecule has 1 heterocycles. The van der Waals surface area contributed by atoms with Crippen LogP contribution in [0.1, 0.15) is 12.5 Å². The third-order valence-corrected chi connectivity index (χ3v) is 3.30. The van der Waals surface area contributed by atoms with E-state index >= 15 is 0 Å². The fraction of sp³-hybridized carbons (Fsp3) is 0.0769. The average Bonchev–Trinajstić information content (AvgIpc) is 2.54. The van der Waals surface area contributed by atoms with Gasteiger partial charge in [-0.05, 0) is 42.5 Å². The fourth-order valence-electron chi connectivity index (χ4n) is 1.58. The molecule has 1 N–H and O–H groups in total. The van der Waals surface area contributed by atoms with E-state index in [0.717, 1.165) is 11.8 Å². The number of hydrogen-bond acceptors (Lipinski definition) is 4. The highest BCUT2D eigenvalue weighted by molar-refractivity contribution is 8.18. The lowest BCUT2D eigenvalue weighted by Crippen LogP contribution is -2.03. The van der Waals surface area contributed by atoms with Crippen molar-refractivity contribution in [2.75, 3.05) is 0 Å². The van der Waals surface area contributed by atoms with Crippen molar-refractivity contribution in [1.29, 1.82) is 0 Å². The normalized spacial score (nSPS) is 17.7. The van der Waals surface area contributed by atoms with E-state index in [0.29, 0.717) is 5.56 Å². The number of aliphatic hydroxyl groups is 1. The number of carbonyl (C=O) groups excluding carboxylic acids is 2. The van der Waals surface area contributed by atoms with Gasteiger partial charge in [-0.2, -0.15) is 0 Å². The third-order valence-electron chi connectivity index (χ3n) is 2.38. The number of hydrogen-bond donors (Lipinski definition) is 1. The first-order valence-electron chi connectivity index (χ1n) is 5.13.